The van der Waals surface area contributed by atoms with Crippen molar-refractivity contribution in [3.05, 3.63) is 29.8 Å². The number of anilines is 1. The quantitative estimate of drug-likeness (QED) is 0.548. The third-order valence-electron chi connectivity index (χ3n) is 3.14. The van der Waals surface area contributed by atoms with Crippen LogP contribution in [0.2, 0.25) is 0 Å². The summed E-state index contributed by atoms with van der Waals surface area (Å²) in [5.41, 5.74) is 3.77. The Labute approximate surface area is 117 Å². The van der Waals surface area contributed by atoms with Gasteiger partial charge in [0.1, 0.15) is 0 Å². The molecule has 104 valence electrons. The number of para-hydroxylation sites is 1. The van der Waals surface area contributed by atoms with Crippen LogP contribution in [0.3, 0.4) is 0 Å². The zero-order chi connectivity index (χ0) is 13.5. The van der Waals surface area contributed by atoms with E-state index in [1.807, 2.05) is 23.9 Å². The van der Waals surface area contributed by atoms with E-state index in [0.29, 0.717) is 17.8 Å². The Kier molecular flexibility index (Phi) is 5.50. The van der Waals surface area contributed by atoms with Gasteiger partial charge in [0.2, 0.25) is 0 Å². The minimum atomic E-state index is -0.0834. The molecule has 1 aromatic rings. The molecule has 0 aliphatic carbocycles. The highest BCUT2D eigenvalue weighted by molar-refractivity contribution is 7.99. The highest BCUT2D eigenvalue weighted by Gasteiger charge is 2.12. The Morgan fingerprint density at radius 1 is 1.32 bits per heavy atom. The molecule has 1 aliphatic heterocycles. The lowest BCUT2D eigenvalue weighted by Gasteiger charge is -2.26. The average molecular weight is 280 g/mol. The topological polar surface area (TPSA) is 70.4 Å². The van der Waals surface area contributed by atoms with Crippen molar-refractivity contribution in [2.24, 2.45) is 5.84 Å². The maximum Gasteiger partial charge on any atom is 0.253 e. The fourth-order valence-electron chi connectivity index (χ4n) is 2.05. The van der Waals surface area contributed by atoms with Crippen molar-refractivity contribution >= 4 is 23.4 Å². The van der Waals surface area contributed by atoms with Crippen LogP contribution in [0.1, 0.15) is 10.4 Å². The molecule has 0 radical (unpaired) electrons. The minimum Gasteiger partial charge on any atom is -0.351 e. The van der Waals surface area contributed by atoms with Crippen molar-refractivity contribution < 1.29 is 4.79 Å². The first-order valence-electron chi connectivity index (χ1n) is 6.45. The smallest absolute Gasteiger partial charge is 0.253 e. The molecule has 1 heterocycles. The molecule has 0 bridgehead atoms. The number of hydrazine groups is 1. The molecule has 1 amide bonds. The van der Waals surface area contributed by atoms with Gasteiger partial charge >= 0.3 is 0 Å². The predicted octanol–water partition coefficient (Wildman–Crippen LogP) is 0.751. The summed E-state index contributed by atoms with van der Waals surface area (Å²) in [6.45, 7) is 3.80. The van der Waals surface area contributed by atoms with Crippen molar-refractivity contribution in [2.45, 2.75) is 0 Å². The van der Waals surface area contributed by atoms with E-state index in [-0.39, 0.29) is 5.91 Å². The molecule has 0 saturated carbocycles. The molecule has 4 N–H and O–H groups in total. The Hall–Kier alpha value is -1.24. The summed E-state index contributed by atoms with van der Waals surface area (Å²) < 4.78 is 0. The lowest BCUT2D eigenvalue weighted by molar-refractivity contribution is 0.0949. The molecule has 0 unspecified atom stereocenters. The standard InChI is InChI=1S/C13H20N4OS/c14-16-12-4-2-1-3-11(12)13(18)15-5-6-17-7-9-19-10-8-17/h1-4,16H,5-10,14H2,(H,15,18). The number of thioether (sulfide) groups is 1. The van der Waals surface area contributed by atoms with E-state index in [1.54, 1.807) is 12.1 Å². The van der Waals surface area contributed by atoms with Crippen molar-refractivity contribution in [3.63, 3.8) is 0 Å². The number of hydrogen-bond acceptors (Lipinski definition) is 5. The van der Waals surface area contributed by atoms with Gasteiger partial charge in [-0.25, -0.2) is 0 Å². The maximum atomic E-state index is 12.0. The van der Waals surface area contributed by atoms with Gasteiger partial charge in [-0.1, -0.05) is 12.1 Å². The Bertz CT molecular complexity index is 421. The molecule has 1 aliphatic rings. The molecule has 19 heavy (non-hydrogen) atoms. The minimum absolute atomic E-state index is 0.0834. The summed E-state index contributed by atoms with van der Waals surface area (Å²) in [6.07, 6.45) is 0. The van der Waals surface area contributed by atoms with Crippen molar-refractivity contribution in [2.75, 3.05) is 43.1 Å². The number of nitrogen functional groups attached to an aromatic ring is 1. The zero-order valence-electron chi connectivity index (χ0n) is 10.9. The summed E-state index contributed by atoms with van der Waals surface area (Å²) in [4.78, 5) is 14.4. The molecule has 2 rings (SSSR count). The number of nitrogens with one attached hydrogen (secondary N) is 2. The number of hydrogen-bond donors (Lipinski definition) is 3. The van der Waals surface area contributed by atoms with Gasteiger partial charge in [0.15, 0.2) is 0 Å². The monoisotopic (exact) mass is 280 g/mol. The van der Waals surface area contributed by atoms with Crippen LogP contribution in [-0.2, 0) is 0 Å². The first kappa shape index (κ1) is 14.2. The van der Waals surface area contributed by atoms with Crippen LogP contribution in [0.5, 0.6) is 0 Å². The van der Waals surface area contributed by atoms with Crippen LogP contribution in [0.15, 0.2) is 24.3 Å². The summed E-state index contributed by atoms with van der Waals surface area (Å²) >= 11 is 1.99. The number of carbonyl (C=O) groups excluding carboxylic acids is 1. The number of nitrogens with two attached hydrogens (primary N) is 1. The van der Waals surface area contributed by atoms with Crippen LogP contribution in [0, 0.1) is 0 Å². The van der Waals surface area contributed by atoms with Crippen LogP contribution in [0.4, 0.5) is 5.69 Å². The Morgan fingerprint density at radius 3 is 2.79 bits per heavy atom. The Morgan fingerprint density at radius 2 is 2.05 bits per heavy atom. The van der Waals surface area contributed by atoms with Crippen molar-refractivity contribution in [1.82, 2.24) is 10.2 Å². The van der Waals surface area contributed by atoms with E-state index in [0.717, 1.165) is 19.6 Å². The van der Waals surface area contributed by atoms with Crippen molar-refractivity contribution in [3.8, 4) is 0 Å². The highest BCUT2D eigenvalue weighted by Crippen LogP contribution is 2.13. The lowest BCUT2D eigenvalue weighted by atomic mass is 10.1. The van der Waals surface area contributed by atoms with Gasteiger partial charge in [-0.15, -0.1) is 0 Å². The fourth-order valence-corrected chi connectivity index (χ4v) is 3.03. The molecule has 6 heteroatoms. The predicted molar refractivity (Wildman–Crippen MR) is 80.4 cm³/mol. The van der Waals surface area contributed by atoms with E-state index in [4.69, 9.17) is 5.84 Å². The second-order valence-electron chi connectivity index (χ2n) is 4.40. The third-order valence-corrected chi connectivity index (χ3v) is 4.09. The van der Waals surface area contributed by atoms with Crippen LogP contribution >= 0.6 is 11.8 Å². The number of carbonyl (C=O) groups is 1. The van der Waals surface area contributed by atoms with E-state index in [9.17, 15) is 4.79 Å². The number of benzene rings is 1. The second-order valence-corrected chi connectivity index (χ2v) is 5.62. The number of nitrogens with zero attached hydrogens (tertiary/aromatic N) is 1. The fraction of sp³-hybridized carbons (Fsp3) is 0.462. The second kappa shape index (κ2) is 7.37. The van der Waals surface area contributed by atoms with Gasteiger partial charge in [0.25, 0.3) is 5.91 Å². The van der Waals surface area contributed by atoms with Gasteiger partial charge in [0, 0.05) is 37.7 Å². The molecule has 1 fully saturated rings. The molecular weight excluding hydrogens is 260 g/mol. The summed E-state index contributed by atoms with van der Waals surface area (Å²) in [5, 5.41) is 2.94. The molecular formula is C13H20N4OS. The number of rotatable bonds is 5. The molecule has 0 aromatic heterocycles. The van der Waals surface area contributed by atoms with Crippen LogP contribution < -0.4 is 16.6 Å². The molecule has 1 saturated heterocycles. The van der Waals surface area contributed by atoms with E-state index in [1.165, 1.54) is 11.5 Å². The average Bonchev–Trinajstić information content (AvgIpc) is 2.48. The Balaban J connectivity index is 1.80. The first-order chi connectivity index (χ1) is 9.31. The largest absolute Gasteiger partial charge is 0.351 e. The van der Waals surface area contributed by atoms with Gasteiger partial charge < -0.3 is 10.7 Å². The maximum absolute atomic E-state index is 12.0. The highest BCUT2D eigenvalue weighted by atomic mass is 32.2. The normalized spacial score (nSPS) is 16.1. The zero-order valence-corrected chi connectivity index (χ0v) is 11.7. The van der Waals surface area contributed by atoms with E-state index < -0.39 is 0 Å². The number of amides is 1. The summed E-state index contributed by atoms with van der Waals surface area (Å²) in [6, 6.07) is 7.23. The van der Waals surface area contributed by atoms with Gasteiger partial charge in [-0.2, -0.15) is 11.8 Å². The summed E-state index contributed by atoms with van der Waals surface area (Å²) in [5.74, 6) is 7.69. The molecule has 5 nitrogen and oxygen atoms in total. The third kappa shape index (κ3) is 4.12. The van der Waals surface area contributed by atoms with Crippen LogP contribution in [-0.4, -0.2) is 48.5 Å². The molecule has 1 aromatic carbocycles. The van der Waals surface area contributed by atoms with E-state index >= 15 is 0 Å². The van der Waals surface area contributed by atoms with Crippen LogP contribution in [0.25, 0.3) is 0 Å². The SMILES string of the molecule is NNc1ccccc1C(=O)NCCN1CCSCC1. The van der Waals surface area contributed by atoms with Gasteiger partial charge in [0.05, 0.1) is 11.3 Å². The summed E-state index contributed by atoms with van der Waals surface area (Å²) in [7, 11) is 0. The van der Waals surface area contributed by atoms with Gasteiger partial charge in [-0.05, 0) is 12.1 Å². The molecule has 0 atom stereocenters. The van der Waals surface area contributed by atoms with Gasteiger partial charge in [-0.3, -0.25) is 15.5 Å². The first-order valence-corrected chi connectivity index (χ1v) is 7.60. The van der Waals surface area contributed by atoms with E-state index in [2.05, 4.69) is 15.6 Å². The molecule has 0 spiro atoms. The van der Waals surface area contributed by atoms with Crippen molar-refractivity contribution in [1.29, 1.82) is 0 Å². The lowest BCUT2D eigenvalue weighted by Crippen LogP contribution is -2.39.